The second-order valence-corrected chi connectivity index (χ2v) is 5.89. The topological polar surface area (TPSA) is 139 Å². The largest absolute Gasteiger partial charge is 0.506 e. The first-order chi connectivity index (χ1) is 12.5. The zero-order chi connectivity index (χ0) is 20.9. The minimum absolute atomic E-state index is 0.151. The number of aliphatic carboxylic acids is 1. The molecule has 0 radical (unpaired) electrons. The van der Waals surface area contributed by atoms with Gasteiger partial charge in [-0.1, -0.05) is 23.2 Å². The number of benzene rings is 1. The number of halogens is 3. The Bertz CT molecular complexity index is 855. The maximum atomic E-state index is 13.8. The number of hydrogen-bond acceptors (Lipinski definition) is 7. The Morgan fingerprint density at radius 3 is 2.48 bits per heavy atom. The second-order valence-electron chi connectivity index (χ2n) is 5.14. The molecule has 0 amide bonds. The molecule has 1 atom stereocenters. The predicted octanol–water partition coefficient (Wildman–Crippen LogP) is 3.42. The Balaban J connectivity index is 3.44. The fourth-order valence-corrected chi connectivity index (χ4v) is 2.34. The van der Waals surface area contributed by atoms with E-state index in [1.807, 2.05) is 0 Å². The molecule has 0 bridgehead atoms. The molecule has 146 valence electrons. The number of rotatable bonds is 7. The number of carbonyl (C=O) groups is 2. The summed E-state index contributed by atoms with van der Waals surface area (Å²) in [6.45, 7) is 2.52. The van der Waals surface area contributed by atoms with E-state index in [0.717, 1.165) is 6.21 Å². The van der Waals surface area contributed by atoms with E-state index in [9.17, 15) is 34.3 Å². The van der Waals surface area contributed by atoms with Crippen LogP contribution in [0, 0.1) is 15.9 Å². The Morgan fingerprint density at radius 1 is 1.41 bits per heavy atom. The van der Waals surface area contributed by atoms with Crippen molar-refractivity contribution in [3.05, 3.63) is 43.2 Å². The van der Waals surface area contributed by atoms with Crippen molar-refractivity contribution < 1.29 is 33.9 Å². The normalized spacial score (nSPS) is 13.2. The van der Waals surface area contributed by atoms with Crippen LogP contribution in [0.25, 0.3) is 5.76 Å². The molecule has 0 aromatic heterocycles. The summed E-state index contributed by atoms with van der Waals surface area (Å²) in [7, 11) is 0. The van der Waals surface area contributed by atoms with Crippen LogP contribution in [0.2, 0.25) is 10.0 Å². The van der Waals surface area contributed by atoms with Crippen LogP contribution >= 0.6 is 23.2 Å². The van der Waals surface area contributed by atoms with Crippen LogP contribution in [-0.2, 0) is 14.3 Å². The Hall–Kier alpha value is -2.72. The molecule has 0 spiro atoms. The van der Waals surface area contributed by atoms with Crippen molar-refractivity contribution in [2.24, 2.45) is 4.99 Å². The van der Waals surface area contributed by atoms with E-state index in [2.05, 4.69) is 4.99 Å². The highest BCUT2D eigenvalue weighted by atomic mass is 35.5. The summed E-state index contributed by atoms with van der Waals surface area (Å²) in [5.41, 5.74) is -2.49. The van der Waals surface area contributed by atoms with Gasteiger partial charge in [-0.2, -0.15) is 0 Å². The lowest BCUT2D eigenvalue weighted by molar-refractivity contribution is -0.384. The van der Waals surface area contributed by atoms with Gasteiger partial charge in [0.25, 0.3) is 0 Å². The average Bonchev–Trinajstić information content (AvgIpc) is 2.55. The van der Waals surface area contributed by atoms with E-state index in [0.29, 0.717) is 6.07 Å². The number of aliphatic hydroxyl groups excluding tert-OH is 1. The van der Waals surface area contributed by atoms with Crippen LogP contribution in [-0.4, -0.2) is 45.9 Å². The molecule has 0 heterocycles. The van der Waals surface area contributed by atoms with Gasteiger partial charge in [0.05, 0.1) is 11.0 Å². The standard InChI is InChI=1S/C15H13Cl2FN2O7/c1-6(5-27-7(2)21)19-4-9(15(23)24)14(22)8-3-10(18)12(17)13(11(8)16)20(25)26/h3-4,6,22H,5H2,1-2H3,(H,23,24)/t6-/m0/s1. The lowest BCUT2D eigenvalue weighted by Gasteiger charge is -2.09. The molecule has 0 fully saturated rings. The van der Waals surface area contributed by atoms with Crippen molar-refractivity contribution in [3.63, 3.8) is 0 Å². The number of carbonyl (C=O) groups excluding carboxylic acids is 1. The SMILES string of the molecule is CC(=O)OC[C@H](C)N=CC(C(=O)O)=C(O)c1cc(F)c(Cl)c([N+](=O)[O-])c1Cl. The third-order valence-corrected chi connectivity index (χ3v) is 3.78. The molecule has 1 rings (SSSR count). The highest BCUT2D eigenvalue weighted by Gasteiger charge is 2.28. The Morgan fingerprint density at radius 2 is 2.00 bits per heavy atom. The van der Waals surface area contributed by atoms with E-state index in [4.69, 9.17) is 27.9 Å². The molecule has 0 saturated carbocycles. The van der Waals surface area contributed by atoms with Gasteiger partial charge in [-0.25, -0.2) is 9.18 Å². The first kappa shape index (κ1) is 22.3. The van der Waals surface area contributed by atoms with Crippen LogP contribution in [0.4, 0.5) is 10.1 Å². The number of nitro groups is 1. The maximum absolute atomic E-state index is 13.8. The van der Waals surface area contributed by atoms with E-state index in [1.54, 1.807) is 0 Å². The summed E-state index contributed by atoms with van der Waals surface area (Å²) in [5, 5.41) is 28.8. The first-order valence-electron chi connectivity index (χ1n) is 7.12. The number of nitrogens with zero attached hydrogens (tertiary/aromatic N) is 2. The van der Waals surface area contributed by atoms with E-state index in [-0.39, 0.29) is 6.61 Å². The Kier molecular flexibility index (Phi) is 7.68. The van der Waals surface area contributed by atoms with Gasteiger partial charge >= 0.3 is 17.6 Å². The number of ether oxygens (including phenoxy) is 1. The fraction of sp³-hybridized carbons (Fsp3) is 0.267. The van der Waals surface area contributed by atoms with Crippen molar-refractivity contribution in [1.29, 1.82) is 0 Å². The quantitative estimate of drug-likeness (QED) is 0.130. The Labute approximate surface area is 161 Å². The predicted molar refractivity (Wildman–Crippen MR) is 94.8 cm³/mol. The van der Waals surface area contributed by atoms with Crippen LogP contribution in [0.15, 0.2) is 16.6 Å². The number of aliphatic hydroxyl groups is 1. The molecule has 0 aliphatic rings. The zero-order valence-electron chi connectivity index (χ0n) is 13.9. The number of hydrogen-bond donors (Lipinski definition) is 2. The maximum Gasteiger partial charge on any atom is 0.341 e. The van der Waals surface area contributed by atoms with Gasteiger partial charge in [-0.05, 0) is 13.0 Å². The zero-order valence-corrected chi connectivity index (χ0v) is 15.4. The summed E-state index contributed by atoms with van der Waals surface area (Å²) in [4.78, 5) is 35.8. The molecule has 12 heteroatoms. The average molecular weight is 423 g/mol. The molecule has 0 unspecified atom stereocenters. The summed E-state index contributed by atoms with van der Waals surface area (Å²) in [5.74, 6) is -4.57. The molecule has 1 aromatic rings. The van der Waals surface area contributed by atoms with E-state index >= 15 is 0 Å². The molecular formula is C15H13Cl2FN2O7. The molecule has 1 aromatic carbocycles. The van der Waals surface area contributed by atoms with Gasteiger partial charge in [0.2, 0.25) is 0 Å². The van der Waals surface area contributed by atoms with Gasteiger partial charge in [-0.3, -0.25) is 19.9 Å². The summed E-state index contributed by atoms with van der Waals surface area (Å²) >= 11 is 11.3. The van der Waals surface area contributed by atoms with Gasteiger partial charge in [0.1, 0.15) is 28.8 Å². The molecule has 0 aliphatic heterocycles. The highest BCUT2D eigenvalue weighted by molar-refractivity contribution is 6.39. The van der Waals surface area contributed by atoms with E-state index in [1.165, 1.54) is 13.8 Å². The minimum atomic E-state index is -1.66. The smallest absolute Gasteiger partial charge is 0.341 e. The summed E-state index contributed by atoms with van der Waals surface area (Å²) < 4.78 is 18.5. The van der Waals surface area contributed by atoms with Gasteiger partial charge in [0.15, 0.2) is 5.02 Å². The summed E-state index contributed by atoms with van der Waals surface area (Å²) in [6, 6.07) is -0.102. The van der Waals surface area contributed by atoms with Crippen molar-refractivity contribution in [2.75, 3.05) is 6.61 Å². The minimum Gasteiger partial charge on any atom is -0.506 e. The summed E-state index contributed by atoms with van der Waals surface area (Å²) in [6.07, 6.45) is 0.737. The molecule has 2 N–H and O–H groups in total. The van der Waals surface area contributed by atoms with Gasteiger partial charge in [0, 0.05) is 18.7 Å². The number of aliphatic imine (C=N–C) groups is 1. The molecule has 27 heavy (non-hydrogen) atoms. The molecule has 0 aliphatic carbocycles. The lowest BCUT2D eigenvalue weighted by atomic mass is 10.1. The number of esters is 1. The lowest BCUT2D eigenvalue weighted by Crippen LogP contribution is -2.14. The number of nitro benzene ring substituents is 1. The number of carboxylic acid groups (broad SMARTS) is 1. The van der Waals surface area contributed by atoms with Crippen LogP contribution < -0.4 is 0 Å². The second kappa shape index (κ2) is 9.28. The van der Waals surface area contributed by atoms with Gasteiger partial charge < -0.3 is 14.9 Å². The molecule has 0 saturated heterocycles. The van der Waals surface area contributed by atoms with Crippen molar-refractivity contribution in [2.45, 2.75) is 19.9 Å². The first-order valence-corrected chi connectivity index (χ1v) is 7.88. The fourth-order valence-electron chi connectivity index (χ4n) is 1.77. The van der Waals surface area contributed by atoms with E-state index < -0.39 is 61.3 Å². The van der Waals surface area contributed by atoms with Crippen LogP contribution in [0.5, 0.6) is 0 Å². The van der Waals surface area contributed by atoms with Crippen molar-refractivity contribution >= 4 is 52.8 Å². The van der Waals surface area contributed by atoms with Crippen LogP contribution in [0.3, 0.4) is 0 Å². The van der Waals surface area contributed by atoms with Crippen molar-refractivity contribution in [1.82, 2.24) is 0 Å². The van der Waals surface area contributed by atoms with Crippen molar-refractivity contribution in [3.8, 4) is 0 Å². The highest BCUT2D eigenvalue weighted by Crippen LogP contribution is 2.39. The molecular weight excluding hydrogens is 410 g/mol. The number of carboxylic acids is 1. The molecule has 9 nitrogen and oxygen atoms in total. The third-order valence-electron chi connectivity index (χ3n) is 3.04. The monoisotopic (exact) mass is 422 g/mol. The third kappa shape index (κ3) is 5.63. The van der Waals surface area contributed by atoms with Crippen LogP contribution in [0.1, 0.15) is 19.4 Å². The van der Waals surface area contributed by atoms with Gasteiger partial charge in [-0.15, -0.1) is 0 Å².